The smallest absolute Gasteiger partial charge is 0.256 e. The van der Waals surface area contributed by atoms with Crippen molar-refractivity contribution in [2.75, 3.05) is 32.7 Å². The third kappa shape index (κ3) is 23.6. The molecule has 0 aliphatic carbocycles. The zero-order valence-electron chi connectivity index (χ0n) is 60.2. The first-order valence-corrected chi connectivity index (χ1v) is 36.9. The number of fused-ring (bicyclic) bond motifs is 3. The molecule has 0 saturated heterocycles. The number of hydrogen-bond acceptors (Lipinski definition) is 16. The summed E-state index contributed by atoms with van der Waals surface area (Å²) in [7, 11) is 0. The van der Waals surface area contributed by atoms with Crippen molar-refractivity contribution in [3.05, 3.63) is 180 Å². The monoisotopic (exact) mass is 1450 g/mol. The van der Waals surface area contributed by atoms with Crippen LogP contribution in [0.3, 0.4) is 0 Å². The van der Waals surface area contributed by atoms with Crippen LogP contribution in [0.5, 0.6) is 0 Å². The summed E-state index contributed by atoms with van der Waals surface area (Å²) in [6.45, 7) is 1.58. The molecule has 0 saturated carbocycles. The number of para-hydroxylation sites is 3. The van der Waals surface area contributed by atoms with E-state index in [1.807, 2.05) is 109 Å². The normalized spacial score (nSPS) is 14.0. The molecule has 0 bridgehead atoms. The maximum absolute atomic E-state index is 15.6. The Bertz CT molecular complexity index is 4090. The second kappa shape index (κ2) is 42.6. The number of carbonyl (C=O) groups is 9. The van der Waals surface area contributed by atoms with E-state index in [0.29, 0.717) is 118 Å². The van der Waals surface area contributed by atoms with Gasteiger partial charge in [0.2, 0.25) is 47.3 Å². The summed E-state index contributed by atoms with van der Waals surface area (Å²) in [4.78, 5) is 144. The number of carbonyl (C=O) groups excluding carboxylic acids is 9. The van der Waals surface area contributed by atoms with Crippen LogP contribution in [0.1, 0.15) is 130 Å². The number of nitrogens with one attached hydrogen (secondary N) is 12. The molecule has 8 rings (SSSR count). The van der Waals surface area contributed by atoms with Gasteiger partial charge < -0.3 is 91.9 Å². The molecule has 9 amide bonds. The fourth-order valence-electron chi connectivity index (χ4n) is 13.3. The Balaban J connectivity index is 1.12. The van der Waals surface area contributed by atoms with Crippen molar-refractivity contribution in [2.45, 2.75) is 176 Å². The summed E-state index contributed by atoms with van der Waals surface area (Å²) < 4.78 is 0. The van der Waals surface area contributed by atoms with Crippen molar-refractivity contribution in [2.24, 2.45) is 40.2 Å². The Morgan fingerprint density at radius 3 is 0.915 bits per heavy atom. The van der Waals surface area contributed by atoms with E-state index >= 15 is 28.8 Å². The van der Waals surface area contributed by atoms with Crippen LogP contribution in [0, 0.1) is 0 Å². The van der Waals surface area contributed by atoms with Crippen molar-refractivity contribution >= 4 is 85.9 Å². The van der Waals surface area contributed by atoms with E-state index in [9.17, 15) is 14.4 Å². The Morgan fingerprint density at radius 2 is 0.575 bits per heavy atom. The molecular weight excluding hydrogens is 1350 g/mol. The second-order valence-corrected chi connectivity index (χ2v) is 26.9. The van der Waals surface area contributed by atoms with Gasteiger partial charge >= 0.3 is 0 Å². The number of aromatic nitrogens is 3. The molecule has 568 valence electrons. The number of nitrogens with two attached hydrogens (primary N) is 7. The first-order valence-electron chi connectivity index (χ1n) is 36.9. The first kappa shape index (κ1) is 81.3. The molecule has 106 heavy (non-hydrogen) atoms. The van der Waals surface area contributed by atoms with Gasteiger partial charge in [0.25, 0.3) is 5.91 Å². The maximum atomic E-state index is 15.6. The summed E-state index contributed by atoms with van der Waals surface area (Å²) >= 11 is 0. The largest absolute Gasteiger partial charge is 0.361 e. The molecule has 0 spiro atoms. The minimum absolute atomic E-state index is 0.0193. The number of amides is 9. The van der Waals surface area contributed by atoms with Gasteiger partial charge in [-0.3, -0.25) is 48.6 Å². The molecule has 3 aromatic heterocycles. The van der Waals surface area contributed by atoms with E-state index in [-0.39, 0.29) is 58.0 Å². The van der Waals surface area contributed by atoms with Crippen molar-refractivity contribution in [3.8, 4) is 0 Å². The Kier molecular flexibility index (Phi) is 32.7. The zero-order valence-corrected chi connectivity index (χ0v) is 60.2. The number of benzene rings is 5. The van der Waals surface area contributed by atoms with Gasteiger partial charge in [-0.05, 0) is 169 Å². The molecule has 8 aromatic rings. The molecule has 9 atom stereocenters. The lowest BCUT2D eigenvalue weighted by molar-refractivity contribution is -0.136. The Labute approximate surface area is 617 Å². The topological polar surface area (TPSA) is 491 Å². The standard InChI is InChI=1S/C78H107N19O9/c79-38-18-13-30-57(84)70(98)89-61(34-14-19-39-80)72(100)93-66(44-52-47-87-59-32-11-8-28-55(52)59)75(103)95-65(43-51-46-86-58-31-10-7-27-54(51)58)74(102)91-62(35-15-20-40-81)71(99)90-63(36-16-21-41-82)73(101)94-67(45-53-48-88-60-33-12-9-29-56(53)60)76(104)96-69(78(106)92-64(77(105)97-85)37-17-22-42-83)68(49-23-3-1-4-24-49)50-25-5-2-6-26-50/h1-12,23-29,31-33,46-48,57,61-69,86-88H,13-22,30,34-45,79-85H2,(H,89,98)(H,90,99)(H,91,102)(H,92,106)(H,93,100)(H,94,101)(H,95,103)(H,96,104)(H,97,105)/t57-,61-,62-,63-,64-,65-,66-,67-,69-/m0/s1. The summed E-state index contributed by atoms with van der Waals surface area (Å²) in [5.74, 6) is -1.69. The van der Waals surface area contributed by atoms with Gasteiger partial charge in [-0.25, -0.2) is 5.84 Å². The van der Waals surface area contributed by atoms with Crippen LogP contribution in [-0.4, -0.2) is 155 Å². The van der Waals surface area contributed by atoms with Gasteiger partial charge in [-0.15, -0.1) is 0 Å². The Morgan fingerprint density at radius 1 is 0.302 bits per heavy atom. The van der Waals surface area contributed by atoms with Crippen molar-refractivity contribution in [3.63, 3.8) is 0 Å². The lowest BCUT2D eigenvalue weighted by Crippen LogP contribution is -2.61. The molecule has 26 N–H and O–H groups in total. The molecule has 28 heteroatoms. The zero-order chi connectivity index (χ0) is 75.7. The summed E-state index contributed by atoms with van der Waals surface area (Å²) in [6.07, 6.45) is 10.4. The number of aromatic amines is 3. The van der Waals surface area contributed by atoms with Crippen LogP contribution in [0.4, 0.5) is 0 Å². The van der Waals surface area contributed by atoms with Crippen LogP contribution in [0.2, 0.25) is 0 Å². The third-order valence-corrected chi connectivity index (χ3v) is 19.2. The molecular formula is C78H107N19O9. The highest BCUT2D eigenvalue weighted by molar-refractivity contribution is 6.00. The molecule has 0 aliphatic heterocycles. The fourth-order valence-corrected chi connectivity index (χ4v) is 13.3. The van der Waals surface area contributed by atoms with Gasteiger partial charge in [0.15, 0.2) is 0 Å². The van der Waals surface area contributed by atoms with Crippen LogP contribution < -0.4 is 88.2 Å². The predicted molar refractivity (Wildman–Crippen MR) is 411 cm³/mol. The highest BCUT2D eigenvalue weighted by atomic mass is 16.2. The van der Waals surface area contributed by atoms with Crippen LogP contribution >= 0.6 is 0 Å². The van der Waals surface area contributed by atoms with Crippen molar-refractivity contribution in [1.82, 2.24) is 62.9 Å². The molecule has 28 nitrogen and oxygen atoms in total. The first-order chi connectivity index (χ1) is 51.5. The summed E-state index contributed by atoms with van der Waals surface area (Å²) in [6, 6.07) is 28.9. The van der Waals surface area contributed by atoms with Gasteiger partial charge in [0.1, 0.15) is 48.3 Å². The average molecular weight is 1450 g/mol. The van der Waals surface area contributed by atoms with Gasteiger partial charge in [0.05, 0.1) is 6.04 Å². The quantitative estimate of drug-likeness (QED) is 0.0113. The van der Waals surface area contributed by atoms with Crippen molar-refractivity contribution < 1.29 is 43.2 Å². The molecule has 0 aliphatic rings. The summed E-state index contributed by atoms with van der Waals surface area (Å²) in [5.41, 5.74) is 43.5. The van der Waals surface area contributed by atoms with E-state index in [2.05, 4.69) is 62.9 Å². The van der Waals surface area contributed by atoms with E-state index in [0.717, 1.165) is 32.7 Å². The maximum Gasteiger partial charge on any atom is 0.256 e. The van der Waals surface area contributed by atoms with Gasteiger partial charge in [-0.1, -0.05) is 122 Å². The van der Waals surface area contributed by atoms with E-state index in [4.69, 9.17) is 40.2 Å². The SMILES string of the molecule is NCCCC[C@H](NC(=O)[C@H](Cc1c[nH]c2ccccc12)NC(=O)[C@H](Cc1c[nH]c2ccccc12)NC(=O)[C@H](CCCCN)NC(=O)[C@@H](N)CCCCN)C(=O)N[C@@H](CCCCN)C(=O)N[C@@H](Cc1c[nH]c2ccccc12)C(=O)N[C@H](C(=O)N[C@@H](CCCCN)C(=O)NN)C(c1ccccc1)c1ccccc1. The average Bonchev–Trinajstić information content (AvgIpc) is 1.00. The van der Waals surface area contributed by atoms with Crippen LogP contribution in [0.25, 0.3) is 32.7 Å². The lowest BCUT2D eigenvalue weighted by atomic mass is 9.84. The number of hydrazine groups is 1. The number of unbranched alkanes of at least 4 members (excludes halogenated alkanes) is 5. The molecule has 0 unspecified atom stereocenters. The van der Waals surface area contributed by atoms with Crippen molar-refractivity contribution in [1.29, 1.82) is 0 Å². The van der Waals surface area contributed by atoms with E-state index < -0.39 is 113 Å². The highest BCUT2D eigenvalue weighted by Gasteiger charge is 2.39. The molecule has 3 heterocycles. The fraction of sp³-hybridized carbons (Fsp3) is 0.423. The molecule has 0 fully saturated rings. The van der Waals surface area contributed by atoms with Crippen LogP contribution in [0.15, 0.2) is 152 Å². The van der Waals surface area contributed by atoms with E-state index in [1.165, 1.54) is 0 Å². The Hall–Kier alpha value is -10.3. The number of H-pyrrole nitrogens is 3. The highest BCUT2D eigenvalue weighted by Crippen LogP contribution is 2.30. The lowest BCUT2D eigenvalue weighted by Gasteiger charge is -2.31. The predicted octanol–water partition coefficient (Wildman–Crippen LogP) is 2.83. The van der Waals surface area contributed by atoms with Gasteiger partial charge in [-0.2, -0.15) is 0 Å². The molecule has 5 aromatic carbocycles. The van der Waals surface area contributed by atoms with Gasteiger partial charge in [0, 0.05) is 76.5 Å². The number of rotatable bonds is 46. The summed E-state index contributed by atoms with van der Waals surface area (Å²) in [5, 5.41) is 25.7. The second-order valence-electron chi connectivity index (χ2n) is 26.9. The minimum atomic E-state index is -1.44. The molecule has 0 radical (unpaired) electrons. The third-order valence-electron chi connectivity index (χ3n) is 19.2. The van der Waals surface area contributed by atoms with E-state index in [1.54, 1.807) is 42.9 Å². The number of hydrogen-bond donors (Lipinski definition) is 19. The van der Waals surface area contributed by atoms with Crippen LogP contribution in [-0.2, 0) is 62.4 Å². The minimum Gasteiger partial charge on any atom is -0.361 e.